The van der Waals surface area contributed by atoms with E-state index in [0.717, 1.165) is 43.8 Å². The molecular formula is C61H62N2O8. The van der Waals surface area contributed by atoms with Crippen LogP contribution in [0.2, 0.25) is 0 Å². The van der Waals surface area contributed by atoms with Gasteiger partial charge in [-0.15, -0.1) is 0 Å². The smallest absolute Gasteiger partial charge is 0.238 e. The minimum absolute atomic E-state index is 0.00926. The van der Waals surface area contributed by atoms with Gasteiger partial charge in [-0.3, -0.25) is 9.59 Å². The van der Waals surface area contributed by atoms with Gasteiger partial charge >= 0.3 is 0 Å². The predicted octanol–water partition coefficient (Wildman–Crippen LogP) is 10.6. The minimum Gasteiger partial charge on any atom is -0.497 e. The van der Waals surface area contributed by atoms with Gasteiger partial charge in [0.25, 0.3) is 0 Å². The van der Waals surface area contributed by atoms with Crippen LogP contribution in [0.3, 0.4) is 0 Å². The Morgan fingerprint density at radius 2 is 0.732 bits per heavy atom. The highest BCUT2D eigenvalue weighted by atomic mass is 16.5. The maximum absolute atomic E-state index is 16.7. The summed E-state index contributed by atoms with van der Waals surface area (Å²) in [4.78, 5) is 32.3. The van der Waals surface area contributed by atoms with Crippen LogP contribution < -0.4 is 24.7 Å². The summed E-state index contributed by atoms with van der Waals surface area (Å²) in [6.45, 7) is 3.03. The summed E-state index contributed by atoms with van der Waals surface area (Å²) < 4.78 is 22.3. The van der Waals surface area contributed by atoms with Crippen molar-refractivity contribution in [2.24, 2.45) is 11.1 Å². The van der Waals surface area contributed by atoms with E-state index in [4.69, 9.17) is 24.7 Å². The number of carbonyl (C=O) groups is 2. The Balaban J connectivity index is 1.53. The summed E-state index contributed by atoms with van der Waals surface area (Å²) in [5, 5.41) is 32.4. The lowest BCUT2D eigenvalue weighted by molar-refractivity contribution is -0.170. The van der Waals surface area contributed by atoms with Gasteiger partial charge in [-0.05, 0) is 117 Å². The zero-order chi connectivity index (χ0) is 50.3. The van der Waals surface area contributed by atoms with Crippen molar-refractivity contribution in [3.63, 3.8) is 0 Å². The van der Waals surface area contributed by atoms with E-state index >= 15 is 4.79 Å². The topological polar surface area (TPSA) is 141 Å². The summed E-state index contributed by atoms with van der Waals surface area (Å²) >= 11 is 0. The average molecular weight is 951 g/mol. The SMILES string of the molecule is COc1ccc(CC(O)(Cc2ccc(OC)cc2)[C@H](c2cccc3ccccc23)N(C(=O)C(C)(C)C(N)=O)[C@@H](c2cccc3ccccc23)C(O)(Cc2ccc(OC)cc2)Cc2ccc(OC)cc2)cc1. The Morgan fingerprint density at radius 1 is 0.451 bits per heavy atom. The lowest BCUT2D eigenvalue weighted by atomic mass is 9.71. The highest BCUT2D eigenvalue weighted by Gasteiger charge is 2.55. The van der Waals surface area contributed by atoms with E-state index < -0.39 is 40.5 Å². The molecule has 2 amide bonds. The second-order valence-electron chi connectivity index (χ2n) is 19.0. The molecule has 0 saturated heterocycles. The molecule has 0 aliphatic heterocycles. The number of nitrogens with zero attached hydrogens (tertiary/aromatic N) is 1. The minimum atomic E-state index is -1.90. The number of ether oxygens (including phenoxy) is 4. The molecule has 8 aromatic carbocycles. The quantitative estimate of drug-likeness (QED) is 0.0642. The van der Waals surface area contributed by atoms with Gasteiger partial charge in [0.05, 0.1) is 51.7 Å². The molecule has 10 heteroatoms. The van der Waals surface area contributed by atoms with Crippen LogP contribution in [-0.4, -0.2) is 66.6 Å². The molecule has 8 rings (SSSR count). The Hall–Kier alpha value is -7.66. The third-order valence-corrected chi connectivity index (χ3v) is 13.9. The number of primary amides is 1. The van der Waals surface area contributed by atoms with Crippen molar-refractivity contribution in [1.29, 1.82) is 0 Å². The molecule has 2 atom stereocenters. The first kappa shape index (κ1) is 49.8. The van der Waals surface area contributed by atoms with Crippen LogP contribution in [0.15, 0.2) is 182 Å². The van der Waals surface area contributed by atoms with Gasteiger partial charge in [-0.1, -0.05) is 133 Å². The number of aliphatic hydroxyl groups is 2. The van der Waals surface area contributed by atoms with Crippen molar-refractivity contribution in [3.8, 4) is 23.0 Å². The number of hydrogen-bond acceptors (Lipinski definition) is 8. The van der Waals surface area contributed by atoms with Gasteiger partial charge < -0.3 is 39.8 Å². The van der Waals surface area contributed by atoms with Gasteiger partial charge in [-0.25, -0.2) is 0 Å². The molecule has 8 aromatic rings. The van der Waals surface area contributed by atoms with Crippen molar-refractivity contribution in [1.82, 2.24) is 4.90 Å². The molecule has 0 heterocycles. The number of nitrogens with two attached hydrogens (primary N) is 1. The van der Waals surface area contributed by atoms with E-state index in [1.807, 2.05) is 182 Å². The van der Waals surface area contributed by atoms with Gasteiger partial charge in [0.15, 0.2) is 0 Å². The zero-order valence-corrected chi connectivity index (χ0v) is 41.2. The van der Waals surface area contributed by atoms with Crippen LogP contribution in [0.1, 0.15) is 59.3 Å². The number of carbonyl (C=O) groups excluding carboxylic acids is 2. The number of benzene rings is 8. The van der Waals surface area contributed by atoms with Gasteiger partial charge in [0.2, 0.25) is 11.8 Å². The second-order valence-corrected chi connectivity index (χ2v) is 19.0. The van der Waals surface area contributed by atoms with E-state index in [0.29, 0.717) is 34.1 Å². The first-order chi connectivity index (χ1) is 34.2. The predicted molar refractivity (Wildman–Crippen MR) is 280 cm³/mol. The summed E-state index contributed by atoms with van der Waals surface area (Å²) in [5.74, 6) is 0.981. The zero-order valence-electron chi connectivity index (χ0n) is 41.2. The molecular weight excluding hydrogens is 889 g/mol. The number of methoxy groups -OCH3 is 4. The Kier molecular flexibility index (Phi) is 14.8. The van der Waals surface area contributed by atoms with Crippen molar-refractivity contribution in [2.45, 2.75) is 62.8 Å². The van der Waals surface area contributed by atoms with Crippen LogP contribution in [0, 0.1) is 5.41 Å². The third-order valence-electron chi connectivity index (χ3n) is 13.9. The Bertz CT molecular complexity index is 2790. The first-order valence-electron chi connectivity index (χ1n) is 23.7. The van der Waals surface area contributed by atoms with E-state index in [9.17, 15) is 15.0 Å². The van der Waals surface area contributed by atoms with Crippen molar-refractivity contribution < 1.29 is 38.7 Å². The van der Waals surface area contributed by atoms with Crippen LogP contribution in [0.25, 0.3) is 21.5 Å². The van der Waals surface area contributed by atoms with E-state index in [1.165, 1.54) is 13.8 Å². The highest BCUT2D eigenvalue weighted by molar-refractivity contribution is 6.04. The molecule has 364 valence electrons. The second kappa shape index (κ2) is 21.1. The number of fused-ring (bicyclic) bond motifs is 2. The van der Waals surface area contributed by atoms with Gasteiger partial charge in [-0.2, -0.15) is 0 Å². The Labute approximate surface area is 416 Å². The fraction of sp³-hybridized carbons (Fsp3) is 0.246. The summed E-state index contributed by atoms with van der Waals surface area (Å²) in [5.41, 5.74) is 4.85. The molecule has 0 radical (unpaired) electrons. The molecule has 0 aliphatic rings. The molecule has 0 saturated carbocycles. The maximum Gasteiger partial charge on any atom is 0.238 e. The largest absolute Gasteiger partial charge is 0.497 e. The summed E-state index contributed by atoms with van der Waals surface area (Å²) in [6.07, 6.45) is 0.0371. The van der Waals surface area contributed by atoms with E-state index in [1.54, 1.807) is 33.3 Å². The highest BCUT2D eigenvalue weighted by Crippen LogP contribution is 2.51. The van der Waals surface area contributed by atoms with Crippen molar-refractivity contribution in [2.75, 3.05) is 28.4 Å². The van der Waals surface area contributed by atoms with Crippen molar-refractivity contribution in [3.05, 3.63) is 215 Å². The molecule has 0 aliphatic carbocycles. The maximum atomic E-state index is 16.7. The Morgan fingerprint density at radius 3 is 1.01 bits per heavy atom. The number of rotatable bonds is 20. The van der Waals surface area contributed by atoms with E-state index in [2.05, 4.69) is 0 Å². The fourth-order valence-electron chi connectivity index (χ4n) is 10.1. The lowest BCUT2D eigenvalue weighted by Crippen LogP contribution is -2.61. The number of amides is 2. The fourth-order valence-corrected chi connectivity index (χ4v) is 10.1. The lowest BCUT2D eigenvalue weighted by Gasteiger charge is -2.53. The third kappa shape index (κ3) is 10.6. The molecule has 0 aromatic heterocycles. The monoisotopic (exact) mass is 950 g/mol. The van der Waals surface area contributed by atoms with Crippen LogP contribution in [0.4, 0.5) is 0 Å². The first-order valence-corrected chi connectivity index (χ1v) is 23.7. The molecule has 0 bridgehead atoms. The van der Waals surface area contributed by atoms with Gasteiger partial charge in [0, 0.05) is 25.7 Å². The van der Waals surface area contributed by atoms with E-state index in [-0.39, 0.29) is 25.7 Å². The van der Waals surface area contributed by atoms with Crippen LogP contribution >= 0.6 is 0 Å². The summed E-state index contributed by atoms with van der Waals surface area (Å²) in [6, 6.07) is 54.8. The van der Waals surface area contributed by atoms with Gasteiger partial charge in [0.1, 0.15) is 28.4 Å². The average Bonchev–Trinajstić information content (AvgIpc) is 3.39. The normalized spacial score (nSPS) is 12.8. The van der Waals surface area contributed by atoms with Crippen LogP contribution in [0.5, 0.6) is 23.0 Å². The molecule has 0 spiro atoms. The standard InChI is InChI=1S/C61H62N2O8/c1-59(2,57(62)64)58(65)63(55(53-19-11-15-45-13-7-9-17-51(45)53)60(66,37-41-21-29-47(68-3)30-22-41)38-42-23-31-48(69-4)32-24-42)56(54-20-12-16-46-14-8-10-18-52(46)54)61(67,39-43-25-33-49(70-5)34-26-43)40-44-27-35-50(71-6)36-28-44/h7-36,55-56,66-67H,37-40H2,1-6H3,(H2,62,64)/t55-,56-/m0/s1. The molecule has 71 heavy (non-hydrogen) atoms. The molecule has 0 fully saturated rings. The van der Waals surface area contributed by atoms with Crippen molar-refractivity contribution >= 4 is 33.4 Å². The summed E-state index contributed by atoms with van der Waals surface area (Å²) in [7, 11) is 6.40. The number of hydrogen-bond donors (Lipinski definition) is 3. The van der Waals surface area contributed by atoms with Crippen LogP contribution in [-0.2, 0) is 35.3 Å². The molecule has 0 unspecified atom stereocenters. The molecule has 4 N–H and O–H groups in total. The molecule has 10 nitrogen and oxygen atoms in total.